The van der Waals surface area contributed by atoms with Gasteiger partial charge >= 0.3 is 6.09 Å². The maximum Gasteiger partial charge on any atom is 0.409 e. The number of amides is 1. The van der Waals surface area contributed by atoms with Crippen LogP contribution in [0.15, 0.2) is 41.7 Å². The van der Waals surface area contributed by atoms with Crippen molar-refractivity contribution in [3.05, 3.63) is 48.0 Å². The Balaban J connectivity index is 0.00000385. The Hall–Kier alpha value is -2.37. The number of carbonyl (C=O) groups excluding carboxylic acids is 1. The molecule has 182 valence electrons. The Morgan fingerprint density at radius 2 is 1.97 bits per heavy atom. The smallest absolute Gasteiger partial charge is 0.409 e. The molecule has 1 unspecified atom stereocenters. The second kappa shape index (κ2) is 14.0. The van der Waals surface area contributed by atoms with Gasteiger partial charge in [0.2, 0.25) is 0 Å². The van der Waals surface area contributed by atoms with Crippen LogP contribution in [-0.4, -0.2) is 64.0 Å². The van der Waals surface area contributed by atoms with E-state index < -0.39 is 0 Å². The molecule has 2 N–H and O–H groups in total. The van der Waals surface area contributed by atoms with Crippen molar-refractivity contribution in [3.8, 4) is 0 Å². The van der Waals surface area contributed by atoms with Crippen LogP contribution in [0.3, 0.4) is 0 Å². The predicted octanol–water partition coefficient (Wildman–Crippen LogP) is 3.38. The lowest BCUT2D eigenvalue weighted by molar-refractivity contribution is 0.0963. The molecule has 1 aliphatic rings. The fourth-order valence-corrected chi connectivity index (χ4v) is 3.79. The number of hydrogen-bond donors (Lipinski definition) is 2. The normalized spacial score (nSPS) is 15.5. The average molecular weight is 569 g/mol. The summed E-state index contributed by atoms with van der Waals surface area (Å²) in [4.78, 5) is 18.6. The SMILES string of the molecule is CCOC(=O)N1CCC(NC(=NCCn2cnnc2CC)NC(C)c2ccccc2)CC1.I. The third-order valence-electron chi connectivity index (χ3n) is 5.64. The molecule has 2 aromatic rings. The van der Waals surface area contributed by atoms with Crippen molar-refractivity contribution >= 4 is 36.0 Å². The van der Waals surface area contributed by atoms with Crippen molar-refractivity contribution in [1.82, 2.24) is 30.3 Å². The van der Waals surface area contributed by atoms with Gasteiger partial charge in [-0.1, -0.05) is 37.3 Å². The number of hydrogen-bond acceptors (Lipinski definition) is 5. The van der Waals surface area contributed by atoms with Gasteiger partial charge in [-0.15, -0.1) is 34.2 Å². The first-order chi connectivity index (χ1) is 15.6. The quantitative estimate of drug-likeness (QED) is 0.288. The first-order valence-electron chi connectivity index (χ1n) is 11.5. The van der Waals surface area contributed by atoms with Crippen LogP contribution >= 0.6 is 24.0 Å². The molecule has 0 bridgehead atoms. The van der Waals surface area contributed by atoms with E-state index in [4.69, 9.17) is 9.73 Å². The zero-order valence-corrected chi connectivity index (χ0v) is 22.1. The number of nitrogens with zero attached hydrogens (tertiary/aromatic N) is 5. The minimum Gasteiger partial charge on any atom is -0.450 e. The van der Waals surface area contributed by atoms with E-state index in [0.29, 0.717) is 26.2 Å². The van der Waals surface area contributed by atoms with Gasteiger partial charge in [0, 0.05) is 32.1 Å². The van der Waals surface area contributed by atoms with Crippen LogP contribution in [0.2, 0.25) is 0 Å². The molecule has 2 heterocycles. The Morgan fingerprint density at radius 1 is 1.24 bits per heavy atom. The molecule has 1 aromatic carbocycles. The second-order valence-electron chi connectivity index (χ2n) is 7.91. The van der Waals surface area contributed by atoms with Gasteiger partial charge in [0.25, 0.3) is 0 Å². The molecule has 1 aromatic heterocycles. The lowest BCUT2D eigenvalue weighted by Gasteiger charge is -2.33. The van der Waals surface area contributed by atoms with Crippen molar-refractivity contribution in [2.45, 2.75) is 58.7 Å². The summed E-state index contributed by atoms with van der Waals surface area (Å²) in [6, 6.07) is 10.7. The maximum absolute atomic E-state index is 12.0. The second-order valence-corrected chi connectivity index (χ2v) is 7.91. The highest BCUT2D eigenvalue weighted by molar-refractivity contribution is 14.0. The first-order valence-corrected chi connectivity index (χ1v) is 11.5. The van der Waals surface area contributed by atoms with E-state index in [2.05, 4.69) is 46.8 Å². The number of ether oxygens (including phenoxy) is 1. The molecule has 10 heteroatoms. The van der Waals surface area contributed by atoms with Gasteiger partial charge in [0.15, 0.2) is 5.96 Å². The summed E-state index contributed by atoms with van der Waals surface area (Å²) in [5.74, 6) is 1.74. The number of aromatic nitrogens is 3. The molecule has 3 rings (SSSR count). The minimum atomic E-state index is -0.226. The van der Waals surface area contributed by atoms with Crippen LogP contribution in [0.4, 0.5) is 4.79 Å². The van der Waals surface area contributed by atoms with E-state index in [1.54, 1.807) is 11.2 Å². The molecule has 0 aliphatic carbocycles. The van der Waals surface area contributed by atoms with Crippen LogP contribution < -0.4 is 10.6 Å². The van der Waals surface area contributed by atoms with Crippen LogP contribution in [0.1, 0.15) is 51.0 Å². The van der Waals surface area contributed by atoms with E-state index in [-0.39, 0.29) is 42.2 Å². The van der Waals surface area contributed by atoms with E-state index in [9.17, 15) is 4.79 Å². The summed E-state index contributed by atoms with van der Waals surface area (Å²) in [5, 5.41) is 15.3. The van der Waals surface area contributed by atoms with Crippen LogP contribution in [-0.2, 0) is 17.7 Å². The number of benzene rings is 1. The molecule has 0 saturated carbocycles. The van der Waals surface area contributed by atoms with Gasteiger partial charge in [-0.25, -0.2) is 4.79 Å². The fraction of sp³-hybridized carbons (Fsp3) is 0.565. The first kappa shape index (κ1) is 26.9. The molecule has 33 heavy (non-hydrogen) atoms. The Bertz CT molecular complexity index is 867. The highest BCUT2D eigenvalue weighted by Gasteiger charge is 2.24. The Morgan fingerprint density at radius 3 is 2.64 bits per heavy atom. The zero-order valence-electron chi connectivity index (χ0n) is 19.7. The number of likely N-dealkylation sites (tertiary alicyclic amines) is 1. The number of carbonyl (C=O) groups is 1. The highest BCUT2D eigenvalue weighted by Crippen LogP contribution is 2.14. The fourth-order valence-electron chi connectivity index (χ4n) is 3.79. The number of halogens is 1. The lowest BCUT2D eigenvalue weighted by atomic mass is 10.1. The number of rotatable bonds is 8. The summed E-state index contributed by atoms with van der Waals surface area (Å²) in [6.45, 7) is 9.14. The van der Waals surface area contributed by atoms with E-state index in [0.717, 1.165) is 37.6 Å². The number of nitrogens with one attached hydrogen (secondary N) is 2. The third-order valence-corrected chi connectivity index (χ3v) is 5.64. The molecule has 9 nitrogen and oxygen atoms in total. The van der Waals surface area contributed by atoms with Crippen molar-refractivity contribution < 1.29 is 9.53 Å². The van der Waals surface area contributed by atoms with E-state index in [1.807, 2.05) is 29.7 Å². The summed E-state index contributed by atoms with van der Waals surface area (Å²) in [6.07, 6.45) is 4.08. The van der Waals surface area contributed by atoms with Crippen molar-refractivity contribution in [2.75, 3.05) is 26.2 Å². The maximum atomic E-state index is 12.0. The standard InChI is InChI=1S/C23H35N7O2.HI/c1-4-21-28-25-17-30(21)16-13-24-22(26-18(3)19-9-7-6-8-10-19)27-20-11-14-29(15-12-20)23(31)32-5-2;/h6-10,17-18,20H,4-5,11-16H2,1-3H3,(H2,24,26,27);1H. The monoisotopic (exact) mass is 569 g/mol. The van der Waals surface area contributed by atoms with Crippen molar-refractivity contribution in [1.29, 1.82) is 0 Å². The van der Waals surface area contributed by atoms with E-state index in [1.165, 1.54) is 5.56 Å². The largest absolute Gasteiger partial charge is 0.450 e. The Labute approximate surface area is 213 Å². The molecule has 1 saturated heterocycles. The van der Waals surface area contributed by atoms with Gasteiger partial charge in [0.05, 0.1) is 19.2 Å². The van der Waals surface area contributed by atoms with Gasteiger partial charge in [-0.3, -0.25) is 4.99 Å². The summed E-state index contributed by atoms with van der Waals surface area (Å²) in [7, 11) is 0. The number of aliphatic imine (C=N–C) groups is 1. The summed E-state index contributed by atoms with van der Waals surface area (Å²) in [5.41, 5.74) is 1.20. The van der Waals surface area contributed by atoms with Gasteiger partial charge in [0.1, 0.15) is 12.2 Å². The van der Waals surface area contributed by atoms with Crippen molar-refractivity contribution in [3.63, 3.8) is 0 Å². The average Bonchev–Trinajstić information content (AvgIpc) is 3.27. The Kier molecular flexibility index (Phi) is 11.4. The zero-order chi connectivity index (χ0) is 22.8. The minimum absolute atomic E-state index is 0. The summed E-state index contributed by atoms with van der Waals surface area (Å²) < 4.78 is 7.17. The predicted molar refractivity (Wildman–Crippen MR) is 140 cm³/mol. The lowest BCUT2D eigenvalue weighted by Crippen LogP contribution is -2.50. The van der Waals surface area contributed by atoms with Gasteiger partial charge in [-0.2, -0.15) is 0 Å². The molecule has 0 radical (unpaired) electrons. The van der Waals surface area contributed by atoms with Crippen LogP contribution in [0, 0.1) is 0 Å². The van der Waals surface area contributed by atoms with Crippen LogP contribution in [0.25, 0.3) is 0 Å². The molecular weight excluding hydrogens is 533 g/mol. The molecule has 1 fully saturated rings. The number of guanidine groups is 1. The molecule has 1 aliphatic heterocycles. The topological polar surface area (TPSA) is 96.7 Å². The third kappa shape index (κ3) is 8.17. The summed E-state index contributed by atoms with van der Waals surface area (Å²) >= 11 is 0. The number of piperidine rings is 1. The molecule has 0 spiro atoms. The highest BCUT2D eigenvalue weighted by atomic mass is 127. The number of aryl methyl sites for hydroxylation is 1. The molecule has 1 amide bonds. The van der Waals surface area contributed by atoms with Gasteiger partial charge in [-0.05, 0) is 32.3 Å². The molecule has 1 atom stereocenters. The van der Waals surface area contributed by atoms with Crippen LogP contribution in [0.5, 0.6) is 0 Å². The van der Waals surface area contributed by atoms with E-state index >= 15 is 0 Å². The van der Waals surface area contributed by atoms with Gasteiger partial charge < -0.3 is 24.8 Å². The molecular formula is C23H36IN7O2. The van der Waals surface area contributed by atoms with Crippen molar-refractivity contribution in [2.24, 2.45) is 4.99 Å².